The Labute approximate surface area is 727 Å². The van der Waals surface area contributed by atoms with E-state index in [-0.39, 0.29) is 147 Å². The number of Topliss-reactive ketones (excluding diaryl/α,β-unsaturated/α-hetero) is 6. The molecular formula is C84H121N23O19. The molecule has 42 nitrogen and oxygen atoms in total. The van der Waals surface area contributed by atoms with Gasteiger partial charge in [-0.05, 0) is 113 Å². The summed E-state index contributed by atoms with van der Waals surface area (Å²) in [6.07, 6.45) is 0.393. The number of aliphatic hydroxyl groups is 1. The van der Waals surface area contributed by atoms with Crippen molar-refractivity contribution in [3.63, 3.8) is 0 Å². The zero-order valence-corrected chi connectivity index (χ0v) is 70.6. The number of aromatic nitrogens is 2. The molecule has 30 N–H and O–H groups in total. The van der Waals surface area contributed by atoms with E-state index in [0.29, 0.717) is 59.8 Å². The summed E-state index contributed by atoms with van der Waals surface area (Å²) in [6, 6.07) is 12.1. The number of nitrogens with one attached hydrogen (secondary N) is 17. The molecule has 0 bridgehead atoms. The number of aliphatic hydroxyl groups excluding tert-OH is 1. The number of amides is 12. The van der Waals surface area contributed by atoms with E-state index in [0.717, 1.165) is 10.9 Å². The van der Waals surface area contributed by atoms with Crippen LogP contribution in [-0.4, -0.2) is 240 Å². The number of ketones is 6. The number of H-pyrrole nitrogens is 2. The third-order valence-electron chi connectivity index (χ3n) is 20.1. The summed E-state index contributed by atoms with van der Waals surface area (Å²) in [4.78, 5) is 247. The molecule has 12 amide bonds. The summed E-state index contributed by atoms with van der Waals surface area (Å²) in [5, 5.41) is 59.8. The minimum absolute atomic E-state index is 0.0480. The molecule has 0 saturated carbocycles. The van der Waals surface area contributed by atoms with Crippen LogP contribution < -0.4 is 104 Å². The molecule has 5 aromatic rings. The number of unbranched alkanes of at least 4 members (excludes halogenated alkanes) is 2. The van der Waals surface area contributed by atoms with Gasteiger partial charge in [0, 0.05) is 137 Å². The molecule has 2 aromatic heterocycles. The average molecular weight is 1760 g/mol. The summed E-state index contributed by atoms with van der Waals surface area (Å²) < 4.78 is 0. The second kappa shape index (κ2) is 56.5. The highest BCUT2D eigenvalue weighted by Crippen LogP contribution is 2.22. The number of nitrogens with two attached hydrogens (primary N) is 6. The smallest absolute Gasteiger partial charge is 0.245 e. The molecule has 126 heavy (non-hydrogen) atoms. The van der Waals surface area contributed by atoms with E-state index in [4.69, 9.17) is 45.2 Å². The first kappa shape index (κ1) is 103. The monoisotopic (exact) mass is 1760 g/mol. The first-order chi connectivity index (χ1) is 60.3. The summed E-state index contributed by atoms with van der Waals surface area (Å²) in [6.45, 7) is -1.44. The summed E-state index contributed by atoms with van der Waals surface area (Å²) in [5.74, 6) is -14.3. The Balaban J connectivity index is 1.16. The molecule has 0 radical (unpaired) electrons. The molecule has 0 aliphatic rings. The lowest BCUT2D eigenvalue weighted by atomic mass is 10.0. The summed E-state index contributed by atoms with van der Waals surface area (Å²) >= 11 is 0. The molecule has 0 fully saturated rings. The van der Waals surface area contributed by atoms with Crippen molar-refractivity contribution in [2.45, 2.75) is 209 Å². The Morgan fingerprint density at radius 1 is 0.325 bits per heavy atom. The average Bonchev–Trinajstić information content (AvgIpc) is 1.67. The lowest BCUT2D eigenvalue weighted by Crippen LogP contribution is -2.56. The normalized spacial score (nSPS) is 12.9. The van der Waals surface area contributed by atoms with Gasteiger partial charge >= 0.3 is 0 Å². The number of guanidine groups is 2. The summed E-state index contributed by atoms with van der Waals surface area (Å²) in [5.41, 5.74) is 36.5. The maximum absolute atomic E-state index is 14.5. The van der Waals surface area contributed by atoms with E-state index in [1.54, 1.807) is 85.2 Å². The molecule has 0 saturated heterocycles. The molecule has 0 spiro atoms. The number of benzene rings is 3. The van der Waals surface area contributed by atoms with Crippen molar-refractivity contribution in [1.82, 2.24) is 79.1 Å². The molecule has 0 aliphatic heterocycles. The van der Waals surface area contributed by atoms with Gasteiger partial charge in [0.25, 0.3) is 0 Å². The van der Waals surface area contributed by atoms with Gasteiger partial charge in [-0.3, -0.25) is 97.1 Å². The first-order valence-electron chi connectivity index (χ1n) is 41.9. The molecule has 3 aromatic carbocycles. The topological polar surface area (TPSA) is 719 Å². The van der Waals surface area contributed by atoms with E-state index in [1.165, 1.54) is 0 Å². The van der Waals surface area contributed by atoms with Crippen LogP contribution in [0.4, 0.5) is 0 Å². The number of aromatic amines is 2. The van der Waals surface area contributed by atoms with Crippen LogP contribution in [0.5, 0.6) is 0 Å². The van der Waals surface area contributed by atoms with Crippen LogP contribution in [0.25, 0.3) is 21.8 Å². The van der Waals surface area contributed by atoms with Crippen LogP contribution in [0.15, 0.2) is 91.3 Å². The second-order valence-corrected chi connectivity index (χ2v) is 30.3. The van der Waals surface area contributed by atoms with Gasteiger partial charge in [0.05, 0.1) is 32.4 Å². The van der Waals surface area contributed by atoms with Crippen LogP contribution >= 0.6 is 0 Å². The largest absolute Gasteiger partial charge is 0.394 e. The number of para-hydroxylation sites is 2. The third-order valence-corrected chi connectivity index (χ3v) is 20.1. The Morgan fingerprint density at radius 2 is 0.675 bits per heavy atom. The van der Waals surface area contributed by atoms with Gasteiger partial charge < -0.3 is 119 Å². The maximum atomic E-state index is 14.5. The minimum Gasteiger partial charge on any atom is -0.394 e. The predicted molar refractivity (Wildman–Crippen MR) is 464 cm³/mol. The highest BCUT2D eigenvalue weighted by Gasteiger charge is 2.34. The van der Waals surface area contributed by atoms with Crippen molar-refractivity contribution in [2.24, 2.45) is 34.4 Å². The molecule has 2 heterocycles. The van der Waals surface area contributed by atoms with E-state index in [2.05, 4.69) is 79.1 Å². The molecular weight excluding hydrogens is 1640 g/mol. The lowest BCUT2D eigenvalue weighted by Gasteiger charge is -2.25. The van der Waals surface area contributed by atoms with Gasteiger partial charge in [-0.15, -0.1) is 0 Å². The van der Waals surface area contributed by atoms with Crippen molar-refractivity contribution >= 4 is 139 Å². The Hall–Kier alpha value is -13.2. The second-order valence-electron chi connectivity index (χ2n) is 30.3. The highest BCUT2D eigenvalue weighted by atomic mass is 16.3. The van der Waals surface area contributed by atoms with Crippen molar-refractivity contribution in [2.75, 3.05) is 59.0 Å². The van der Waals surface area contributed by atoms with Crippen molar-refractivity contribution in [3.8, 4) is 0 Å². The van der Waals surface area contributed by atoms with Crippen LogP contribution in [-0.2, 0) is 106 Å². The number of rotatable bonds is 64. The Kier molecular flexibility index (Phi) is 46.4. The van der Waals surface area contributed by atoms with Crippen molar-refractivity contribution in [1.29, 1.82) is 10.8 Å². The SMILES string of the molecule is N=C(N)NCCC[C@H](NC(=O)CC(=O)CCC(=O)CCNC(=O)[C@H](Cc1ccccc1)NC(=O)[C@H](Cc1c[nH]c2ccccc12)NC(=O)CNC(=O)[C@H](CO)NC(=O)CC(=O)CCC(=O)CCN)C(=O)N[C@@H](CCCNC(=N)N)C(=O)NCCC(=O)CCC(=O)CC(=O)N[C@@H](Cc1c[nH]c2ccccc12)C(=O)N[C@@H](CCCCN)C(=O)N[C@@H](CCCCN)C(N)=O. The molecule has 0 unspecified atom stereocenters. The molecule has 5 rings (SSSR count). The van der Waals surface area contributed by atoms with Gasteiger partial charge in [-0.2, -0.15) is 0 Å². The van der Waals surface area contributed by atoms with Crippen LogP contribution in [0, 0.1) is 10.8 Å². The van der Waals surface area contributed by atoms with E-state index in [9.17, 15) is 91.4 Å². The fraction of sp³-hybridized carbons (Fsp3) is 0.500. The van der Waals surface area contributed by atoms with E-state index in [1.807, 2.05) is 6.07 Å². The van der Waals surface area contributed by atoms with Gasteiger partial charge in [-0.1, -0.05) is 66.7 Å². The van der Waals surface area contributed by atoms with E-state index < -0.39 is 206 Å². The quantitative estimate of drug-likeness (QED) is 0.00769. The number of hydrogen-bond acceptors (Lipinski definition) is 24. The third kappa shape index (κ3) is 39.5. The summed E-state index contributed by atoms with van der Waals surface area (Å²) in [7, 11) is 0. The fourth-order valence-electron chi connectivity index (χ4n) is 13.3. The first-order valence-corrected chi connectivity index (χ1v) is 41.9. The number of fused-ring (bicyclic) bond motifs is 2. The molecule has 0 aliphatic carbocycles. The zero-order valence-electron chi connectivity index (χ0n) is 70.6. The number of carbonyl (C=O) groups is 18. The lowest BCUT2D eigenvalue weighted by molar-refractivity contribution is -0.134. The highest BCUT2D eigenvalue weighted by molar-refractivity contribution is 6.04. The maximum Gasteiger partial charge on any atom is 0.245 e. The van der Waals surface area contributed by atoms with Crippen molar-refractivity contribution < 1.29 is 91.4 Å². The fourth-order valence-corrected chi connectivity index (χ4v) is 13.3. The van der Waals surface area contributed by atoms with Crippen LogP contribution in [0.1, 0.15) is 158 Å². The van der Waals surface area contributed by atoms with Gasteiger partial charge in [0.2, 0.25) is 70.9 Å². The Morgan fingerprint density at radius 3 is 1.12 bits per heavy atom. The predicted octanol–water partition coefficient (Wildman–Crippen LogP) is -3.78. The van der Waals surface area contributed by atoms with Crippen LogP contribution in [0.3, 0.4) is 0 Å². The number of carbonyl (C=O) groups excluding carboxylic acids is 18. The number of primary amides is 1. The molecule has 42 heteroatoms. The van der Waals surface area contributed by atoms with E-state index >= 15 is 0 Å². The standard InChI is InChI=1S/C84H121N23O19/c85-33-10-8-20-63(75(88)119)104-80(124)66(21-9-11-34-86)106-81(125)68(41-51-46-97-61-18-6-4-16-59(51)61)101-72(116)44-58(114)29-26-54(110)31-38-93-76(120)64(22-12-36-95-83(89)90)105-79(123)65(23-13-37-96-84(91)92)100-71(115)43-57(113)28-25-55(111)32-39-94-77(121)67(40-50-14-2-1-3-15-50)107-82(126)69(42-52-47-98-62-19-7-5-17-60(52)62)102-74(118)48-99-78(122)70(49-108)103-73(117)45-56(112)27-24-53(109)30-35-87/h1-7,14-19,46-47,63-70,97-98,108H,8-13,20-45,48-49,85-87H2,(H2,88,119)(H,93,120)(H,94,121)(H,99,122)(H,100,115)(H,101,116)(H,102,118)(H,103,117)(H,104,124)(H,105,123)(H,106,125)(H,107,126)(H4,89,90,95)(H4,91,92,96)/t63-,64-,65-,66-,67-,68-,69-,70-/m0/s1. The van der Waals surface area contributed by atoms with Crippen LogP contribution in [0.2, 0.25) is 0 Å². The van der Waals surface area contributed by atoms with Crippen molar-refractivity contribution in [3.05, 3.63) is 108 Å². The molecule has 686 valence electrons. The van der Waals surface area contributed by atoms with Gasteiger partial charge in [0.1, 0.15) is 83.0 Å². The van der Waals surface area contributed by atoms with Gasteiger partial charge in [-0.25, -0.2) is 0 Å². The molecule has 8 atom stereocenters. The minimum atomic E-state index is -1.61. The Bertz CT molecular complexity index is 4570. The number of hydrogen-bond donors (Lipinski definition) is 24. The zero-order chi connectivity index (χ0) is 92.5. The van der Waals surface area contributed by atoms with Gasteiger partial charge in [0.15, 0.2) is 11.9 Å².